The molecule has 3 aromatic heterocycles. The number of carbonyl (C=O) groups is 2. The number of amides is 2. The van der Waals surface area contributed by atoms with Crippen molar-refractivity contribution in [1.82, 2.24) is 24.6 Å². The number of rotatable bonds is 4. The Balaban J connectivity index is 1.21. The molecule has 1 N–H and O–H groups in total. The summed E-state index contributed by atoms with van der Waals surface area (Å²) < 4.78 is 12.8. The molecule has 1 aliphatic heterocycles. The van der Waals surface area contributed by atoms with Gasteiger partial charge in [-0.1, -0.05) is 5.16 Å². The molecule has 1 fully saturated rings. The Bertz CT molecular complexity index is 1400. The van der Waals surface area contributed by atoms with E-state index in [1.54, 1.807) is 23.2 Å². The summed E-state index contributed by atoms with van der Waals surface area (Å²) in [7, 11) is 0. The molecule has 0 unspecified atom stereocenters. The molecule has 2 aliphatic rings. The first-order valence-electron chi connectivity index (χ1n) is 10.7. The highest BCUT2D eigenvalue weighted by Crippen LogP contribution is 2.40. The Morgan fingerprint density at radius 1 is 1.15 bits per heavy atom. The molecule has 1 aliphatic carbocycles. The summed E-state index contributed by atoms with van der Waals surface area (Å²) in [5, 5.41) is 7.54. The van der Waals surface area contributed by atoms with E-state index >= 15 is 0 Å². The van der Waals surface area contributed by atoms with Gasteiger partial charge in [0.15, 0.2) is 5.82 Å². The Kier molecular flexibility index (Phi) is 4.39. The van der Waals surface area contributed by atoms with Crippen molar-refractivity contribution in [2.45, 2.75) is 38.8 Å². The Hall–Kier alpha value is -4.21. The molecule has 33 heavy (non-hydrogen) atoms. The maximum Gasteiger partial charge on any atom is 0.331 e. The van der Waals surface area contributed by atoms with E-state index in [9.17, 15) is 9.59 Å². The Morgan fingerprint density at radius 2 is 2.03 bits per heavy atom. The molecular weight excluding hydrogens is 424 g/mol. The van der Waals surface area contributed by atoms with Gasteiger partial charge < -0.3 is 14.2 Å². The Morgan fingerprint density at radius 3 is 2.85 bits per heavy atom. The first-order chi connectivity index (χ1) is 16.0. The van der Waals surface area contributed by atoms with Gasteiger partial charge in [0.25, 0.3) is 0 Å². The van der Waals surface area contributed by atoms with Gasteiger partial charge in [-0.25, -0.2) is 14.8 Å². The summed E-state index contributed by atoms with van der Waals surface area (Å²) in [5.74, 6) is 2.63. The maximum atomic E-state index is 12.8. The van der Waals surface area contributed by atoms with E-state index in [2.05, 4.69) is 20.4 Å². The van der Waals surface area contributed by atoms with E-state index in [0.717, 1.165) is 40.8 Å². The van der Waals surface area contributed by atoms with Crippen LogP contribution in [0.2, 0.25) is 0 Å². The minimum absolute atomic E-state index is 0.0191. The summed E-state index contributed by atoms with van der Waals surface area (Å²) in [6.45, 7) is 2.40. The van der Waals surface area contributed by atoms with Crippen LogP contribution in [0.15, 0.2) is 47.4 Å². The van der Waals surface area contributed by atoms with Crippen LogP contribution < -0.4 is 10.1 Å². The fraction of sp³-hybridized carbons (Fsp3) is 0.261. The molecule has 166 valence electrons. The zero-order valence-corrected chi connectivity index (χ0v) is 17.8. The summed E-state index contributed by atoms with van der Waals surface area (Å²) in [4.78, 5) is 34.7. The summed E-state index contributed by atoms with van der Waals surface area (Å²) in [5.41, 5.74) is 2.32. The quantitative estimate of drug-likeness (QED) is 0.505. The van der Waals surface area contributed by atoms with E-state index in [0.29, 0.717) is 36.5 Å². The first-order valence-corrected chi connectivity index (χ1v) is 10.7. The van der Waals surface area contributed by atoms with Gasteiger partial charge in [-0.2, -0.15) is 0 Å². The minimum Gasteiger partial charge on any atom is -0.439 e. The number of fused-ring (bicyclic) bond motifs is 2. The number of ether oxygens (including phenoxy) is 1. The molecule has 0 spiro atoms. The number of benzene rings is 1. The van der Waals surface area contributed by atoms with Gasteiger partial charge in [-0.05, 0) is 37.1 Å². The van der Waals surface area contributed by atoms with Crippen molar-refractivity contribution in [2.75, 3.05) is 5.32 Å². The van der Waals surface area contributed by atoms with Crippen molar-refractivity contribution < 1.29 is 18.8 Å². The highest BCUT2D eigenvalue weighted by molar-refractivity contribution is 5.98. The number of hydrogen-bond acceptors (Lipinski definition) is 7. The smallest absolute Gasteiger partial charge is 0.331 e. The van der Waals surface area contributed by atoms with Gasteiger partial charge in [0.05, 0.1) is 29.9 Å². The van der Waals surface area contributed by atoms with Gasteiger partial charge in [0.1, 0.15) is 17.8 Å². The fourth-order valence-corrected chi connectivity index (χ4v) is 4.01. The third-order valence-corrected chi connectivity index (χ3v) is 5.97. The topological polar surface area (TPSA) is 115 Å². The van der Waals surface area contributed by atoms with Crippen LogP contribution in [0.1, 0.15) is 42.7 Å². The van der Waals surface area contributed by atoms with Crippen molar-refractivity contribution in [3.05, 3.63) is 59.9 Å². The summed E-state index contributed by atoms with van der Waals surface area (Å²) in [6, 6.07) is 8.72. The maximum absolute atomic E-state index is 12.8. The fourth-order valence-electron chi connectivity index (χ4n) is 4.01. The molecule has 1 aromatic carbocycles. The standard InChI is InChI=1S/C23H20N6O4/c1-13(30)28-10-17-18(11-28)24-12-25-22(17)32-16-4-5-19-15(8-16)6-7-29(19)23(31)26-21-9-20(33-27-21)14-2-3-14/h4-9,12,14H,2-3,10-11H2,1H3,(H,26,27,31). The van der Waals surface area contributed by atoms with Crippen LogP contribution in [-0.4, -0.2) is 36.5 Å². The number of nitrogens with one attached hydrogen (secondary N) is 1. The average Bonchev–Trinajstić information content (AvgIpc) is 3.21. The molecule has 0 bridgehead atoms. The number of aromatic nitrogens is 4. The molecule has 1 saturated carbocycles. The van der Waals surface area contributed by atoms with Crippen molar-refractivity contribution in [2.24, 2.45) is 0 Å². The molecule has 2 amide bonds. The number of nitrogens with zero attached hydrogens (tertiary/aromatic N) is 5. The Labute approximate surface area is 188 Å². The predicted molar refractivity (Wildman–Crippen MR) is 117 cm³/mol. The SMILES string of the molecule is CC(=O)N1Cc2ncnc(Oc3ccc4c(ccn4C(=O)Nc4cc(C5CC5)on4)c3)c2C1. The lowest BCUT2D eigenvalue weighted by Gasteiger charge is -2.11. The first kappa shape index (κ1) is 19.5. The van der Waals surface area contributed by atoms with Crippen LogP contribution in [0.4, 0.5) is 10.6 Å². The van der Waals surface area contributed by atoms with Crippen LogP contribution in [0.3, 0.4) is 0 Å². The number of hydrogen-bond donors (Lipinski definition) is 1. The minimum atomic E-state index is -0.327. The van der Waals surface area contributed by atoms with Crippen molar-refractivity contribution >= 4 is 28.7 Å². The monoisotopic (exact) mass is 444 g/mol. The van der Waals surface area contributed by atoms with Crippen molar-refractivity contribution in [3.63, 3.8) is 0 Å². The second kappa shape index (κ2) is 7.44. The molecule has 10 heteroatoms. The molecule has 6 rings (SSSR count). The lowest BCUT2D eigenvalue weighted by atomic mass is 10.2. The molecule has 0 saturated heterocycles. The van der Waals surface area contributed by atoms with Crippen LogP contribution >= 0.6 is 0 Å². The van der Waals surface area contributed by atoms with Crippen LogP contribution in [-0.2, 0) is 17.9 Å². The molecule has 10 nitrogen and oxygen atoms in total. The van der Waals surface area contributed by atoms with Gasteiger partial charge in [0.2, 0.25) is 11.8 Å². The summed E-state index contributed by atoms with van der Waals surface area (Å²) in [6.07, 6.45) is 5.33. The highest BCUT2D eigenvalue weighted by atomic mass is 16.5. The van der Waals surface area contributed by atoms with E-state index in [-0.39, 0.29) is 11.9 Å². The van der Waals surface area contributed by atoms with Crippen LogP contribution in [0.25, 0.3) is 10.9 Å². The lowest BCUT2D eigenvalue weighted by Crippen LogP contribution is -2.21. The van der Waals surface area contributed by atoms with Crippen molar-refractivity contribution in [3.8, 4) is 11.6 Å². The molecule has 4 heterocycles. The second-order valence-corrected chi connectivity index (χ2v) is 8.31. The van der Waals surface area contributed by atoms with E-state index in [1.165, 1.54) is 17.8 Å². The zero-order valence-electron chi connectivity index (χ0n) is 17.8. The molecule has 0 radical (unpaired) electrons. The van der Waals surface area contributed by atoms with Gasteiger partial charge in [-0.3, -0.25) is 14.7 Å². The third kappa shape index (κ3) is 3.59. The predicted octanol–water partition coefficient (Wildman–Crippen LogP) is 4.03. The normalized spacial score (nSPS) is 15.0. The van der Waals surface area contributed by atoms with E-state index in [4.69, 9.17) is 9.26 Å². The molecular formula is C23H20N6O4. The van der Waals surface area contributed by atoms with Crippen LogP contribution in [0.5, 0.6) is 11.6 Å². The van der Waals surface area contributed by atoms with E-state index in [1.807, 2.05) is 18.2 Å². The zero-order chi connectivity index (χ0) is 22.5. The largest absolute Gasteiger partial charge is 0.439 e. The van der Waals surface area contributed by atoms with E-state index < -0.39 is 0 Å². The third-order valence-electron chi connectivity index (χ3n) is 5.97. The number of anilines is 1. The highest BCUT2D eigenvalue weighted by Gasteiger charge is 2.28. The van der Waals surface area contributed by atoms with Gasteiger partial charge in [-0.15, -0.1) is 0 Å². The molecule has 4 aromatic rings. The second-order valence-electron chi connectivity index (χ2n) is 8.31. The van der Waals surface area contributed by atoms with Crippen LogP contribution in [0, 0.1) is 0 Å². The summed E-state index contributed by atoms with van der Waals surface area (Å²) >= 11 is 0. The number of carbonyl (C=O) groups excluding carboxylic acids is 2. The lowest BCUT2D eigenvalue weighted by molar-refractivity contribution is -0.129. The van der Waals surface area contributed by atoms with Gasteiger partial charge >= 0.3 is 6.03 Å². The van der Waals surface area contributed by atoms with Gasteiger partial charge in [0, 0.05) is 30.5 Å². The average molecular weight is 444 g/mol. The molecule has 0 atom stereocenters. The van der Waals surface area contributed by atoms with Crippen molar-refractivity contribution in [1.29, 1.82) is 0 Å².